The summed E-state index contributed by atoms with van der Waals surface area (Å²) in [5, 5.41) is 21.2. The Morgan fingerprint density at radius 3 is 2.18 bits per heavy atom. The maximum atomic E-state index is 13.1. The number of hydrogen-bond acceptors (Lipinski definition) is 4. The van der Waals surface area contributed by atoms with Crippen LogP contribution in [0.5, 0.6) is 5.75 Å². The van der Waals surface area contributed by atoms with Crippen LogP contribution in [0.25, 0.3) is 11.3 Å². The first-order chi connectivity index (χ1) is 13.5. The summed E-state index contributed by atoms with van der Waals surface area (Å²) in [6.07, 6.45) is 0. The van der Waals surface area contributed by atoms with Crippen LogP contribution >= 0.6 is 0 Å². The smallest absolute Gasteiger partial charge is 0.322 e. The van der Waals surface area contributed by atoms with E-state index in [1.165, 1.54) is 10.6 Å². The monoisotopic (exact) mass is 378 g/mol. The molecule has 3 N–H and O–H groups in total. The van der Waals surface area contributed by atoms with Crippen molar-refractivity contribution >= 4 is 11.9 Å². The number of aromatic nitrogens is 1. The van der Waals surface area contributed by atoms with Crippen molar-refractivity contribution in [3.63, 3.8) is 0 Å². The Balaban J connectivity index is 2.14. The van der Waals surface area contributed by atoms with Gasteiger partial charge in [-0.05, 0) is 11.1 Å². The van der Waals surface area contributed by atoms with Crippen molar-refractivity contribution in [2.24, 2.45) is 0 Å². The predicted molar refractivity (Wildman–Crippen MR) is 103 cm³/mol. The van der Waals surface area contributed by atoms with Crippen molar-refractivity contribution in [2.75, 3.05) is 6.54 Å². The third-order valence-corrected chi connectivity index (χ3v) is 4.16. The number of aliphatic carboxylic acids is 1. The summed E-state index contributed by atoms with van der Waals surface area (Å²) < 4.78 is 1.39. The van der Waals surface area contributed by atoms with E-state index in [4.69, 9.17) is 5.11 Å². The van der Waals surface area contributed by atoms with Crippen LogP contribution < -0.4 is 10.9 Å². The molecule has 1 amide bonds. The molecule has 0 fully saturated rings. The molecule has 28 heavy (non-hydrogen) atoms. The van der Waals surface area contributed by atoms with E-state index >= 15 is 0 Å². The fourth-order valence-electron chi connectivity index (χ4n) is 2.86. The Morgan fingerprint density at radius 2 is 1.57 bits per heavy atom. The lowest BCUT2D eigenvalue weighted by Crippen LogP contribution is -2.36. The number of amides is 1. The van der Waals surface area contributed by atoms with E-state index in [0.29, 0.717) is 11.3 Å². The topological polar surface area (TPSA) is 109 Å². The van der Waals surface area contributed by atoms with E-state index in [-0.39, 0.29) is 6.54 Å². The highest BCUT2D eigenvalue weighted by Gasteiger charge is 2.22. The summed E-state index contributed by atoms with van der Waals surface area (Å²) in [6.45, 7) is -0.472. The lowest BCUT2D eigenvalue weighted by molar-refractivity contribution is -0.135. The molecule has 1 heterocycles. The summed E-state index contributed by atoms with van der Waals surface area (Å²) in [4.78, 5) is 36.1. The quantitative estimate of drug-likeness (QED) is 0.609. The Hall–Kier alpha value is -3.87. The first-order valence-corrected chi connectivity index (χ1v) is 8.53. The van der Waals surface area contributed by atoms with Crippen LogP contribution in [0.3, 0.4) is 0 Å². The van der Waals surface area contributed by atoms with Gasteiger partial charge >= 0.3 is 5.97 Å². The molecular formula is C21H18N2O5. The molecule has 0 saturated heterocycles. The molecule has 0 atom stereocenters. The molecule has 3 rings (SSSR count). The van der Waals surface area contributed by atoms with E-state index < -0.39 is 35.3 Å². The number of carboxylic acid groups (broad SMARTS) is 1. The van der Waals surface area contributed by atoms with Gasteiger partial charge in [-0.3, -0.25) is 14.4 Å². The average Bonchev–Trinajstić information content (AvgIpc) is 2.70. The minimum absolute atomic E-state index is 0.184. The molecule has 0 aliphatic carbocycles. The number of carboxylic acids is 1. The maximum Gasteiger partial charge on any atom is 0.322 e. The number of pyridine rings is 1. The minimum Gasteiger partial charge on any atom is -0.507 e. The van der Waals surface area contributed by atoms with Crippen LogP contribution in [-0.4, -0.2) is 33.2 Å². The van der Waals surface area contributed by atoms with Gasteiger partial charge in [-0.1, -0.05) is 60.7 Å². The normalized spacial score (nSPS) is 10.4. The number of nitrogens with one attached hydrogen (secondary N) is 1. The average molecular weight is 378 g/mol. The number of rotatable bonds is 6. The van der Waals surface area contributed by atoms with Crippen LogP contribution in [0, 0.1) is 0 Å². The zero-order valence-electron chi connectivity index (χ0n) is 14.8. The number of aromatic hydroxyl groups is 1. The molecule has 0 unspecified atom stereocenters. The summed E-state index contributed by atoms with van der Waals surface area (Å²) in [6, 6.07) is 19.6. The Labute approximate surface area is 160 Å². The van der Waals surface area contributed by atoms with Gasteiger partial charge in [0.25, 0.3) is 11.5 Å². The number of nitrogens with zero attached hydrogens (tertiary/aromatic N) is 1. The molecule has 2 aromatic carbocycles. The highest BCUT2D eigenvalue weighted by Crippen LogP contribution is 2.25. The molecule has 3 aromatic rings. The second-order valence-electron chi connectivity index (χ2n) is 6.11. The Kier molecular flexibility index (Phi) is 5.55. The first kappa shape index (κ1) is 18.9. The zero-order valence-corrected chi connectivity index (χ0v) is 14.8. The molecule has 0 saturated carbocycles. The van der Waals surface area contributed by atoms with Crippen LogP contribution in [0.4, 0.5) is 0 Å². The fourth-order valence-corrected chi connectivity index (χ4v) is 2.86. The SMILES string of the molecule is O=C(O)CNC(=O)c1c(O)cc(-c2ccccc2)n(Cc2ccccc2)c1=O. The minimum atomic E-state index is -1.25. The summed E-state index contributed by atoms with van der Waals surface area (Å²) in [7, 11) is 0. The number of carbonyl (C=O) groups excluding carboxylic acids is 1. The van der Waals surface area contributed by atoms with Crippen molar-refractivity contribution in [1.82, 2.24) is 9.88 Å². The van der Waals surface area contributed by atoms with Gasteiger partial charge in [0, 0.05) is 6.07 Å². The molecule has 1 aromatic heterocycles. The highest BCUT2D eigenvalue weighted by atomic mass is 16.4. The third kappa shape index (κ3) is 4.09. The molecule has 0 radical (unpaired) electrons. The van der Waals surface area contributed by atoms with Gasteiger partial charge < -0.3 is 20.1 Å². The van der Waals surface area contributed by atoms with Gasteiger partial charge in [0.05, 0.1) is 12.2 Å². The van der Waals surface area contributed by atoms with E-state index in [1.807, 2.05) is 36.4 Å². The van der Waals surface area contributed by atoms with Crippen molar-refractivity contribution in [3.8, 4) is 17.0 Å². The van der Waals surface area contributed by atoms with E-state index in [0.717, 1.165) is 5.56 Å². The number of hydrogen-bond donors (Lipinski definition) is 3. The molecule has 0 bridgehead atoms. The van der Waals surface area contributed by atoms with Gasteiger partial charge in [0.1, 0.15) is 17.9 Å². The van der Waals surface area contributed by atoms with Gasteiger partial charge in [0.15, 0.2) is 0 Å². The Bertz CT molecular complexity index is 1060. The summed E-state index contributed by atoms with van der Waals surface area (Å²) in [5.74, 6) is -2.69. The molecule has 0 spiro atoms. The van der Waals surface area contributed by atoms with Gasteiger partial charge in [-0.25, -0.2) is 0 Å². The fraction of sp³-hybridized carbons (Fsp3) is 0.0952. The number of carbonyl (C=O) groups is 2. The van der Waals surface area contributed by atoms with Gasteiger partial charge in [0.2, 0.25) is 0 Å². The van der Waals surface area contributed by atoms with Gasteiger partial charge in [-0.15, -0.1) is 0 Å². The van der Waals surface area contributed by atoms with Crippen LogP contribution in [0.1, 0.15) is 15.9 Å². The maximum absolute atomic E-state index is 13.1. The molecule has 142 valence electrons. The largest absolute Gasteiger partial charge is 0.507 e. The van der Waals surface area contributed by atoms with Crippen molar-refractivity contribution in [3.05, 3.63) is 88.2 Å². The Morgan fingerprint density at radius 1 is 0.964 bits per heavy atom. The van der Waals surface area contributed by atoms with Crippen LogP contribution in [-0.2, 0) is 11.3 Å². The van der Waals surface area contributed by atoms with Crippen molar-refractivity contribution in [1.29, 1.82) is 0 Å². The second kappa shape index (κ2) is 8.22. The van der Waals surface area contributed by atoms with Gasteiger partial charge in [-0.2, -0.15) is 0 Å². The zero-order chi connectivity index (χ0) is 20.1. The molecule has 7 heteroatoms. The van der Waals surface area contributed by atoms with E-state index in [1.54, 1.807) is 24.3 Å². The molecule has 0 aliphatic rings. The number of benzene rings is 2. The molecular weight excluding hydrogens is 360 g/mol. The van der Waals surface area contributed by atoms with Crippen molar-refractivity contribution in [2.45, 2.75) is 6.54 Å². The highest BCUT2D eigenvalue weighted by molar-refractivity contribution is 5.98. The molecule has 0 aliphatic heterocycles. The summed E-state index contributed by atoms with van der Waals surface area (Å²) >= 11 is 0. The lowest BCUT2D eigenvalue weighted by atomic mass is 10.1. The first-order valence-electron chi connectivity index (χ1n) is 8.53. The predicted octanol–water partition coefficient (Wildman–Crippen LogP) is 2.08. The van der Waals surface area contributed by atoms with E-state index in [2.05, 4.69) is 5.32 Å². The van der Waals surface area contributed by atoms with Crippen LogP contribution in [0.2, 0.25) is 0 Å². The standard InChI is InChI=1S/C21H18N2O5/c24-17-11-16(15-9-5-2-6-10-15)23(13-14-7-3-1-4-8-14)21(28)19(17)20(27)22-12-18(25)26/h1-11,24H,12-13H2,(H,22,27)(H,25,26). The van der Waals surface area contributed by atoms with E-state index in [9.17, 15) is 19.5 Å². The lowest BCUT2D eigenvalue weighted by Gasteiger charge is -2.16. The van der Waals surface area contributed by atoms with Crippen LogP contribution in [0.15, 0.2) is 71.5 Å². The third-order valence-electron chi connectivity index (χ3n) is 4.16. The summed E-state index contributed by atoms with van der Waals surface area (Å²) in [5.41, 5.74) is 0.789. The second-order valence-corrected chi connectivity index (χ2v) is 6.11. The van der Waals surface area contributed by atoms with Crippen molar-refractivity contribution < 1.29 is 19.8 Å². The molecule has 7 nitrogen and oxygen atoms in total.